The van der Waals surface area contributed by atoms with Gasteiger partial charge in [-0.15, -0.1) is 0 Å². The lowest BCUT2D eigenvalue weighted by Crippen LogP contribution is -2.49. The standard InChI is InChI=1S/C27H29BrN6O3/c28-21-7-11-22(12-8-21)32-16-13-31(14-17-32)15-18-33(26-24-3-1-2-4-25(24)29-19-30-26)27(35)20-5-9-23(10-6-20)34(36)37/h5-12,19H,1-4,13-18H2. The molecule has 2 aromatic carbocycles. The number of aromatic nitrogens is 2. The Morgan fingerprint density at radius 2 is 1.68 bits per heavy atom. The number of hydrogen-bond donors (Lipinski definition) is 0. The monoisotopic (exact) mass is 564 g/mol. The van der Waals surface area contributed by atoms with E-state index in [-0.39, 0.29) is 11.6 Å². The molecule has 0 radical (unpaired) electrons. The molecule has 0 bridgehead atoms. The Hall–Kier alpha value is -3.37. The number of nitro groups is 1. The van der Waals surface area contributed by atoms with Gasteiger partial charge < -0.3 is 4.90 Å². The van der Waals surface area contributed by atoms with Crippen LogP contribution in [0.25, 0.3) is 0 Å². The number of halogens is 1. The highest BCUT2D eigenvalue weighted by atomic mass is 79.9. The lowest BCUT2D eigenvalue weighted by Gasteiger charge is -2.37. The molecule has 1 aromatic heterocycles. The number of carbonyl (C=O) groups is 1. The first-order valence-corrected chi connectivity index (χ1v) is 13.4. The van der Waals surface area contributed by atoms with Crippen LogP contribution in [-0.4, -0.2) is 65.0 Å². The molecule has 0 saturated carbocycles. The van der Waals surface area contributed by atoms with Gasteiger partial charge in [0.25, 0.3) is 11.6 Å². The van der Waals surface area contributed by atoms with Gasteiger partial charge in [-0.3, -0.25) is 24.7 Å². The maximum absolute atomic E-state index is 13.7. The lowest BCUT2D eigenvalue weighted by atomic mass is 9.96. The van der Waals surface area contributed by atoms with Gasteiger partial charge in [0.1, 0.15) is 12.1 Å². The van der Waals surface area contributed by atoms with Crippen molar-refractivity contribution in [2.45, 2.75) is 25.7 Å². The fourth-order valence-electron chi connectivity index (χ4n) is 5.04. The second kappa shape index (κ2) is 11.4. The zero-order valence-electron chi connectivity index (χ0n) is 20.6. The van der Waals surface area contributed by atoms with Crippen LogP contribution in [0.4, 0.5) is 17.2 Å². The summed E-state index contributed by atoms with van der Waals surface area (Å²) in [6.45, 7) is 4.83. The van der Waals surface area contributed by atoms with Gasteiger partial charge in [-0.2, -0.15) is 0 Å². The number of hydrogen-bond acceptors (Lipinski definition) is 7. The molecule has 3 aromatic rings. The highest BCUT2D eigenvalue weighted by Crippen LogP contribution is 2.28. The number of nitrogens with zero attached hydrogens (tertiary/aromatic N) is 6. The van der Waals surface area contributed by atoms with Crippen molar-refractivity contribution in [3.63, 3.8) is 0 Å². The van der Waals surface area contributed by atoms with Crippen LogP contribution in [0, 0.1) is 10.1 Å². The average Bonchev–Trinajstić information content (AvgIpc) is 2.94. The summed E-state index contributed by atoms with van der Waals surface area (Å²) in [6, 6.07) is 14.2. The number of carbonyl (C=O) groups excluding carboxylic acids is 1. The van der Waals surface area contributed by atoms with E-state index in [9.17, 15) is 14.9 Å². The van der Waals surface area contributed by atoms with Crippen LogP contribution in [0.5, 0.6) is 0 Å². The molecule has 5 rings (SSSR count). The normalized spacial score (nSPS) is 15.8. The average molecular weight is 565 g/mol. The van der Waals surface area contributed by atoms with Crippen molar-refractivity contribution in [1.82, 2.24) is 14.9 Å². The van der Waals surface area contributed by atoms with E-state index < -0.39 is 4.92 Å². The molecular formula is C27H29BrN6O3. The second-order valence-corrected chi connectivity index (χ2v) is 10.3. The van der Waals surface area contributed by atoms with Crippen LogP contribution in [0.1, 0.15) is 34.5 Å². The number of rotatable bonds is 7. The first-order chi connectivity index (χ1) is 18.0. The summed E-state index contributed by atoms with van der Waals surface area (Å²) in [4.78, 5) is 39.9. The predicted octanol–water partition coefficient (Wildman–Crippen LogP) is 4.50. The van der Waals surface area contributed by atoms with Crippen molar-refractivity contribution < 1.29 is 9.72 Å². The quantitative estimate of drug-likeness (QED) is 0.308. The van der Waals surface area contributed by atoms with E-state index >= 15 is 0 Å². The molecule has 1 fully saturated rings. The number of fused-ring (bicyclic) bond motifs is 1. The number of nitro benzene ring substituents is 1. The van der Waals surface area contributed by atoms with Crippen LogP contribution < -0.4 is 9.80 Å². The second-order valence-electron chi connectivity index (χ2n) is 9.40. The molecule has 9 nitrogen and oxygen atoms in total. The van der Waals surface area contributed by atoms with E-state index in [0.29, 0.717) is 24.5 Å². The van der Waals surface area contributed by atoms with Crippen LogP contribution in [-0.2, 0) is 12.8 Å². The SMILES string of the molecule is O=C(c1ccc([N+](=O)[O-])cc1)N(CCN1CCN(c2ccc(Br)cc2)CC1)c1ncnc2c1CCCC2. The maximum atomic E-state index is 13.7. The summed E-state index contributed by atoms with van der Waals surface area (Å²) in [5, 5.41) is 11.1. The molecule has 1 amide bonds. The molecule has 37 heavy (non-hydrogen) atoms. The molecule has 0 unspecified atom stereocenters. The lowest BCUT2D eigenvalue weighted by molar-refractivity contribution is -0.384. The van der Waals surface area contributed by atoms with Gasteiger partial charge >= 0.3 is 0 Å². The predicted molar refractivity (Wildman–Crippen MR) is 146 cm³/mol. The highest BCUT2D eigenvalue weighted by Gasteiger charge is 2.27. The van der Waals surface area contributed by atoms with E-state index in [1.54, 1.807) is 11.2 Å². The summed E-state index contributed by atoms with van der Waals surface area (Å²) < 4.78 is 1.07. The zero-order valence-corrected chi connectivity index (χ0v) is 22.1. The summed E-state index contributed by atoms with van der Waals surface area (Å²) in [5.41, 5.74) is 3.65. The molecule has 0 atom stereocenters. The molecular weight excluding hydrogens is 536 g/mol. The Morgan fingerprint density at radius 1 is 0.973 bits per heavy atom. The van der Waals surface area contributed by atoms with Crippen LogP contribution >= 0.6 is 15.9 Å². The molecule has 2 aliphatic rings. The maximum Gasteiger partial charge on any atom is 0.269 e. The summed E-state index contributed by atoms with van der Waals surface area (Å²) in [5.74, 6) is 0.469. The van der Waals surface area contributed by atoms with Crippen molar-refractivity contribution in [3.05, 3.63) is 86.3 Å². The summed E-state index contributed by atoms with van der Waals surface area (Å²) in [6.07, 6.45) is 5.42. The number of amides is 1. The molecule has 2 heterocycles. The number of non-ortho nitro benzene ring substituents is 1. The Balaban J connectivity index is 1.32. The Morgan fingerprint density at radius 3 is 2.38 bits per heavy atom. The highest BCUT2D eigenvalue weighted by molar-refractivity contribution is 9.10. The van der Waals surface area contributed by atoms with Gasteiger partial charge in [-0.1, -0.05) is 15.9 Å². The van der Waals surface area contributed by atoms with E-state index in [2.05, 4.69) is 60.0 Å². The van der Waals surface area contributed by atoms with Gasteiger partial charge in [-0.05, 0) is 62.1 Å². The minimum absolute atomic E-state index is 0.0360. The fourth-order valence-corrected chi connectivity index (χ4v) is 5.31. The van der Waals surface area contributed by atoms with Crippen LogP contribution in [0.2, 0.25) is 0 Å². The molecule has 0 N–H and O–H groups in total. The van der Waals surface area contributed by atoms with Crippen molar-refractivity contribution in [2.75, 3.05) is 49.1 Å². The van der Waals surface area contributed by atoms with Crippen LogP contribution in [0.15, 0.2) is 59.3 Å². The van der Waals surface area contributed by atoms with Gasteiger partial charge in [0.15, 0.2) is 0 Å². The topological polar surface area (TPSA) is 95.7 Å². The molecule has 0 spiro atoms. The van der Waals surface area contributed by atoms with E-state index in [4.69, 9.17) is 0 Å². The van der Waals surface area contributed by atoms with E-state index in [1.807, 2.05) is 0 Å². The molecule has 192 valence electrons. The van der Waals surface area contributed by atoms with Gasteiger partial charge in [0.05, 0.1) is 4.92 Å². The summed E-state index contributed by atoms with van der Waals surface area (Å²) >= 11 is 3.50. The van der Waals surface area contributed by atoms with Crippen molar-refractivity contribution >= 4 is 39.0 Å². The fraction of sp³-hybridized carbons (Fsp3) is 0.370. The zero-order chi connectivity index (χ0) is 25.8. The summed E-state index contributed by atoms with van der Waals surface area (Å²) in [7, 11) is 0. The smallest absolute Gasteiger partial charge is 0.269 e. The number of piperazine rings is 1. The Kier molecular flexibility index (Phi) is 7.76. The van der Waals surface area contributed by atoms with Gasteiger partial charge in [0, 0.05) is 78.4 Å². The minimum atomic E-state index is -0.458. The van der Waals surface area contributed by atoms with Gasteiger partial charge in [-0.25, -0.2) is 9.97 Å². The third kappa shape index (κ3) is 5.80. The number of anilines is 2. The minimum Gasteiger partial charge on any atom is -0.369 e. The Bertz CT molecular complexity index is 1260. The molecule has 1 saturated heterocycles. The largest absolute Gasteiger partial charge is 0.369 e. The van der Waals surface area contributed by atoms with Crippen molar-refractivity contribution in [1.29, 1.82) is 0 Å². The van der Waals surface area contributed by atoms with Crippen molar-refractivity contribution in [3.8, 4) is 0 Å². The van der Waals surface area contributed by atoms with Crippen LogP contribution in [0.3, 0.4) is 0 Å². The molecule has 10 heteroatoms. The molecule has 1 aliphatic heterocycles. The first kappa shape index (κ1) is 25.3. The third-order valence-corrected chi connectivity index (χ3v) is 7.66. The molecule has 1 aliphatic carbocycles. The van der Waals surface area contributed by atoms with Gasteiger partial charge in [0.2, 0.25) is 0 Å². The number of benzene rings is 2. The number of aryl methyl sites for hydroxylation is 1. The van der Waals surface area contributed by atoms with E-state index in [1.165, 1.54) is 30.0 Å². The third-order valence-electron chi connectivity index (χ3n) is 7.13. The Labute approximate surface area is 224 Å². The first-order valence-electron chi connectivity index (χ1n) is 12.6. The van der Waals surface area contributed by atoms with Crippen molar-refractivity contribution in [2.24, 2.45) is 0 Å². The van der Waals surface area contributed by atoms with E-state index in [0.717, 1.165) is 67.6 Å².